The number of hydrogen-bond donors (Lipinski definition) is 0. The molecule has 100 valence electrons. The lowest BCUT2D eigenvalue weighted by Crippen LogP contribution is -2.02. The number of carbonyl (C=O) groups is 1. The third-order valence-corrected chi connectivity index (χ3v) is 3.70. The van der Waals surface area contributed by atoms with Crippen LogP contribution in [-0.2, 0) is 23.1 Å². The molecule has 17 heavy (non-hydrogen) atoms. The van der Waals surface area contributed by atoms with Crippen LogP contribution < -0.4 is 0 Å². The van der Waals surface area contributed by atoms with Gasteiger partial charge in [0.2, 0.25) is 0 Å². The Bertz CT molecular complexity index is 278. The summed E-state index contributed by atoms with van der Waals surface area (Å²) >= 11 is 0. The van der Waals surface area contributed by atoms with Crippen molar-refractivity contribution in [1.29, 1.82) is 0 Å². The van der Waals surface area contributed by atoms with Crippen LogP contribution in [0.1, 0.15) is 27.2 Å². The summed E-state index contributed by atoms with van der Waals surface area (Å²) < 4.78 is 26.9. The van der Waals surface area contributed by atoms with Crippen LogP contribution in [0.3, 0.4) is 0 Å². The van der Waals surface area contributed by atoms with Crippen molar-refractivity contribution < 1.29 is 23.1 Å². The molecule has 0 N–H and O–H groups in total. The lowest BCUT2D eigenvalue weighted by atomic mass is 10.4. The molecule has 0 aliphatic rings. The topological polar surface area (TPSA) is 61.8 Å². The Morgan fingerprint density at radius 1 is 1.06 bits per heavy atom. The summed E-state index contributed by atoms with van der Waals surface area (Å²) in [6.07, 6.45) is 3.59. The van der Waals surface area contributed by atoms with Crippen LogP contribution in [0.4, 0.5) is 0 Å². The zero-order valence-corrected chi connectivity index (χ0v) is 11.6. The summed E-state index contributed by atoms with van der Waals surface area (Å²) in [7, 11) is -3.03. The average molecular weight is 264 g/mol. The van der Waals surface area contributed by atoms with E-state index in [9.17, 15) is 9.36 Å². The van der Waals surface area contributed by atoms with Crippen LogP contribution in [0.5, 0.6) is 0 Å². The molecular formula is C11H21O5P. The van der Waals surface area contributed by atoms with Gasteiger partial charge in [0, 0.05) is 0 Å². The fourth-order valence-electron chi connectivity index (χ4n) is 1.14. The van der Waals surface area contributed by atoms with E-state index in [1.165, 1.54) is 0 Å². The minimum absolute atomic E-state index is 0.173. The maximum absolute atomic E-state index is 12.0. The molecule has 0 aromatic carbocycles. The number of hydrogen-bond acceptors (Lipinski definition) is 5. The molecule has 0 saturated carbocycles. The Morgan fingerprint density at radius 3 is 2.12 bits per heavy atom. The van der Waals surface area contributed by atoms with Crippen molar-refractivity contribution in [3.63, 3.8) is 0 Å². The van der Waals surface area contributed by atoms with Crippen LogP contribution in [0.2, 0.25) is 0 Å². The van der Waals surface area contributed by atoms with Gasteiger partial charge in [-0.25, -0.2) is 0 Å². The SMILES string of the molecule is CCOC(=O)C/C=C/CP(=O)(OCC)OCC. The lowest BCUT2D eigenvalue weighted by molar-refractivity contribution is -0.142. The highest BCUT2D eigenvalue weighted by atomic mass is 31.2. The van der Waals surface area contributed by atoms with Gasteiger partial charge in [-0.15, -0.1) is 0 Å². The predicted octanol–water partition coefficient (Wildman–Crippen LogP) is 2.76. The number of rotatable bonds is 9. The molecule has 0 heterocycles. The molecule has 0 aromatic rings. The largest absolute Gasteiger partial charge is 0.466 e. The highest BCUT2D eigenvalue weighted by molar-refractivity contribution is 7.54. The summed E-state index contributed by atoms with van der Waals surface area (Å²) in [6.45, 7) is 6.30. The second-order valence-electron chi connectivity index (χ2n) is 3.11. The first kappa shape index (κ1) is 16.4. The van der Waals surface area contributed by atoms with E-state index in [4.69, 9.17) is 13.8 Å². The molecule has 0 saturated heterocycles. The predicted molar refractivity (Wildman–Crippen MR) is 66.1 cm³/mol. The second kappa shape index (κ2) is 9.40. The Labute approximate surface area is 103 Å². The van der Waals surface area contributed by atoms with Crippen molar-refractivity contribution in [2.75, 3.05) is 26.0 Å². The number of carbonyl (C=O) groups excluding carboxylic acids is 1. The van der Waals surface area contributed by atoms with E-state index < -0.39 is 7.60 Å². The first-order valence-corrected chi connectivity index (χ1v) is 7.49. The van der Waals surface area contributed by atoms with Crippen molar-refractivity contribution in [2.24, 2.45) is 0 Å². The molecule has 0 aliphatic carbocycles. The normalized spacial score (nSPS) is 11.9. The van der Waals surface area contributed by atoms with E-state index in [-0.39, 0.29) is 18.6 Å². The Hall–Kier alpha value is -0.640. The molecule has 0 aliphatic heterocycles. The highest BCUT2D eigenvalue weighted by Crippen LogP contribution is 2.47. The summed E-state index contributed by atoms with van der Waals surface area (Å²) in [6, 6.07) is 0. The first-order chi connectivity index (χ1) is 8.08. The molecule has 0 amide bonds. The zero-order valence-electron chi connectivity index (χ0n) is 10.7. The van der Waals surface area contributed by atoms with Crippen LogP contribution >= 0.6 is 7.60 Å². The summed E-state index contributed by atoms with van der Waals surface area (Å²) in [4.78, 5) is 11.0. The molecule has 0 bridgehead atoms. The molecule has 0 fully saturated rings. The van der Waals surface area contributed by atoms with Gasteiger partial charge in [0.05, 0.1) is 32.4 Å². The molecule has 0 unspecified atom stereocenters. The van der Waals surface area contributed by atoms with Crippen LogP contribution in [-0.4, -0.2) is 32.0 Å². The molecule has 0 aromatic heterocycles. The monoisotopic (exact) mass is 264 g/mol. The van der Waals surface area contributed by atoms with Crippen molar-refractivity contribution in [1.82, 2.24) is 0 Å². The van der Waals surface area contributed by atoms with Gasteiger partial charge in [0.1, 0.15) is 0 Å². The van der Waals surface area contributed by atoms with E-state index in [1.807, 2.05) is 0 Å². The van der Waals surface area contributed by atoms with Gasteiger partial charge in [0.15, 0.2) is 0 Å². The second-order valence-corrected chi connectivity index (χ2v) is 5.21. The zero-order chi connectivity index (χ0) is 13.1. The van der Waals surface area contributed by atoms with Crippen LogP contribution in [0.15, 0.2) is 12.2 Å². The molecule has 0 radical (unpaired) electrons. The molecule has 5 nitrogen and oxygen atoms in total. The van der Waals surface area contributed by atoms with Crippen molar-refractivity contribution in [3.05, 3.63) is 12.2 Å². The standard InChI is InChI=1S/C11H21O5P/c1-4-14-11(12)9-7-8-10-17(13,15-5-2)16-6-3/h7-8H,4-6,9-10H2,1-3H3/b8-7+. The molecule has 6 heteroatoms. The minimum atomic E-state index is -3.03. The van der Waals surface area contributed by atoms with E-state index in [0.717, 1.165) is 0 Å². The quantitative estimate of drug-likeness (QED) is 0.364. The fourth-order valence-corrected chi connectivity index (χ4v) is 2.62. The van der Waals surface area contributed by atoms with Crippen LogP contribution in [0.25, 0.3) is 0 Å². The number of ether oxygens (including phenoxy) is 1. The van der Waals surface area contributed by atoms with Crippen molar-refractivity contribution in [2.45, 2.75) is 27.2 Å². The number of esters is 1. The summed E-state index contributed by atoms with van der Waals surface area (Å²) in [5, 5.41) is 0. The fraction of sp³-hybridized carbons (Fsp3) is 0.727. The van der Waals surface area contributed by atoms with Crippen LogP contribution in [0, 0.1) is 0 Å². The van der Waals surface area contributed by atoms with Crippen molar-refractivity contribution >= 4 is 13.6 Å². The van der Waals surface area contributed by atoms with Gasteiger partial charge in [-0.1, -0.05) is 12.2 Å². The van der Waals surface area contributed by atoms with Gasteiger partial charge in [-0.2, -0.15) is 0 Å². The third kappa shape index (κ3) is 8.13. The molecule has 0 rings (SSSR count). The highest BCUT2D eigenvalue weighted by Gasteiger charge is 2.20. The van der Waals surface area contributed by atoms with Gasteiger partial charge in [-0.05, 0) is 20.8 Å². The van der Waals surface area contributed by atoms with Crippen molar-refractivity contribution in [3.8, 4) is 0 Å². The van der Waals surface area contributed by atoms with Gasteiger partial charge < -0.3 is 13.8 Å². The average Bonchev–Trinajstić information content (AvgIpc) is 2.26. The number of allylic oxidation sites excluding steroid dienone is 1. The van der Waals surface area contributed by atoms with E-state index in [2.05, 4.69) is 0 Å². The molecular weight excluding hydrogens is 243 g/mol. The maximum atomic E-state index is 12.0. The smallest absolute Gasteiger partial charge is 0.334 e. The van der Waals surface area contributed by atoms with E-state index in [0.29, 0.717) is 19.8 Å². The summed E-state index contributed by atoms with van der Waals surface area (Å²) in [5.41, 5.74) is 0. The van der Waals surface area contributed by atoms with Gasteiger partial charge in [-0.3, -0.25) is 9.36 Å². The molecule has 0 atom stereocenters. The van der Waals surface area contributed by atoms with E-state index >= 15 is 0 Å². The Morgan fingerprint density at radius 2 is 1.65 bits per heavy atom. The van der Waals surface area contributed by atoms with Gasteiger partial charge in [0.25, 0.3) is 0 Å². The minimum Gasteiger partial charge on any atom is -0.466 e. The van der Waals surface area contributed by atoms with Gasteiger partial charge >= 0.3 is 13.6 Å². The molecule has 0 spiro atoms. The Kier molecular flexibility index (Phi) is 9.04. The maximum Gasteiger partial charge on any atom is 0.334 e. The Balaban J connectivity index is 4.08. The van der Waals surface area contributed by atoms with E-state index in [1.54, 1.807) is 32.9 Å². The third-order valence-electron chi connectivity index (χ3n) is 1.74. The lowest BCUT2D eigenvalue weighted by Gasteiger charge is -2.14. The first-order valence-electron chi connectivity index (χ1n) is 5.76. The summed E-state index contributed by atoms with van der Waals surface area (Å²) in [5.74, 6) is -0.300.